The zero-order valence-corrected chi connectivity index (χ0v) is 11.4. The van der Waals surface area contributed by atoms with E-state index < -0.39 is 0 Å². The lowest BCUT2D eigenvalue weighted by molar-refractivity contribution is 0.620. The SMILES string of the molecule is CNC(CSC1CCCC1)Cc1cncs1. The van der Waals surface area contributed by atoms with Crippen molar-refractivity contribution in [3.8, 4) is 0 Å². The zero-order chi connectivity index (χ0) is 11.2. The molecule has 0 saturated heterocycles. The lowest BCUT2D eigenvalue weighted by Crippen LogP contribution is -2.30. The third-order valence-corrected chi connectivity index (χ3v) is 5.51. The van der Waals surface area contributed by atoms with Crippen molar-refractivity contribution >= 4 is 23.1 Å². The third-order valence-electron chi connectivity index (χ3n) is 3.17. The summed E-state index contributed by atoms with van der Waals surface area (Å²) in [6.07, 6.45) is 8.87. The molecule has 0 radical (unpaired) electrons. The number of aromatic nitrogens is 1. The quantitative estimate of drug-likeness (QED) is 0.847. The first-order chi connectivity index (χ1) is 7.88. The summed E-state index contributed by atoms with van der Waals surface area (Å²) in [6.45, 7) is 0. The molecule has 2 nitrogen and oxygen atoms in total. The number of rotatable bonds is 6. The van der Waals surface area contributed by atoms with Crippen molar-refractivity contribution in [1.29, 1.82) is 0 Å². The van der Waals surface area contributed by atoms with E-state index in [4.69, 9.17) is 0 Å². The second kappa shape index (κ2) is 6.62. The van der Waals surface area contributed by atoms with Gasteiger partial charge in [-0.2, -0.15) is 11.8 Å². The number of hydrogen-bond acceptors (Lipinski definition) is 4. The summed E-state index contributed by atoms with van der Waals surface area (Å²) in [7, 11) is 2.07. The summed E-state index contributed by atoms with van der Waals surface area (Å²) in [4.78, 5) is 5.53. The highest BCUT2D eigenvalue weighted by Gasteiger charge is 2.17. The predicted octanol–water partition coefficient (Wildman–Crippen LogP) is 2.95. The van der Waals surface area contributed by atoms with Crippen molar-refractivity contribution < 1.29 is 0 Å². The van der Waals surface area contributed by atoms with Crippen LogP contribution >= 0.6 is 23.1 Å². The molecule has 1 saturated carbocycles. The molecule has 0 aromatic carbocycles. The van der Waals surface area contributed by atoms with Gasteiger partial charge in [0, 0.05) is 28.1 Å². The molecule has 2 rings (SSSR count). The fraction of sp³-hybridized carbons (Fsp3) is 0.750. The van der Waals surface area contributed by atoms with Crippen molar-refractivity contribution in [3.63, 3.8) is 0 Å². The van der Waals surface area contributed by atoms with Gasteiger partial charge in [-0.1, -0.05) is 12.8 Å². The smallest absolute Gasteiger partial charge is 0.0794 e. The van der Waals surface area contributed by atoms with Gasteiger partial charge in [-0.05, 0) is 26.3 Å². The molecule has 1 aliphatic rings. The minimum atomic E-state index is 0.603. The Morgan fingerprint density at radius 2 is 2.38 bits per heavy atom. The molecule has 0 amide bonds. The van der Waals surface area contributed by atoms with Crippen molar-refractivity contribution in [3.05, 3.63) is 16.6 Å². The van der Waals surface area contributed by atoms with Crippen LogP contribution in [0.2, 0.25) is 0 Å². The third kappa shape index (κ3) is 3.75. The average molecular weight is 256 g/mol. The molecule has 0 aliphatic heterocycles. The van der Waals surface area contributed by atoms with Crippen LogP contribution in [0.3, 0.4) is 0 Å². The minimum absolute atomic E-state index is 0.603. The summed E-state index contributed by atoms with van der Waals surface area (Å²) in [5, 5.41) is 4.35. The maximum Gasteiger partial charge on any atom is 0.0794 e. The van der Waals surface area contributed by atoms with Crippen LogP contribution < -0.4 is 5.32 Å². The van der Waals surface area contributed by atoms with Crippen LogP contribution in [0.4, 0.5) is 0 Å². The van der Waals surface area contributed by atoms with E-state index in [1.807, 2.05) is 11.7 Å². The van der Waals surface area contributed by atoms with Crippen LogP contribution in [-0.4, -0.2) is 29.1 Å². The highest BCUT2D eigenvalue weighted by Crippen LogP contribution is 2.30. The molecule has 1 heterocycles. The number of thiazole rings is 1. The summed E-state index contributed by atoms with van der Waals surface area (Å²) >= 11 is 3.92. The lowest BCUT2D eigenvalue weighted by atomic mass is 10.2. The summed E-state index contributed by atoms with van der Waals surface area (Å²) in [5.41, 5.74) is 1.92. The Balaban J connectivity index is 1.72. The van der Waals surface area contributed by atoms with Crippen LogP contribution in [0.15, 0.2) is 11.7 Å². The highest BCUT2D eigenvalue weighted by atomic mass is 32.2. The molecule has 1 N–H and O–H groups in total. The standard InChI is InChI=1S/C12H20N2S2/c1-13-10(6-12-7-14-9-16-12)8-15-11-4-2-3-5-11/h7,9-11,13H,2-6,8H2,1H3. The van der Waals surface area contributed by atoms with E-state index in [1.54, 1.807) is 11.3 Å². The molecule has 1 aromatic rings. The average Bonchev–Trinajstić information content (AvgIpc) is 2.97. The van der Waals surface area contributed by atoms with Gasteiger partial charge in [-0.3, -0.25) is 4.98 Å². The fourth-order valence-electron chi connectivity index (χ4n) is 2.14. The number of nitrogens with zero attached hydrogens (tertiary/aromatic N) is 1. The van der Waals surface area contributed by atoms with E-state index in [1.165, 1.54) is 36.3 Å². The van der Waals surface area contributed by atoms with Crippen LogP contribution in [0, 0.1) is 0 Å². The van der Waals surface area contributed by atoms with E-state index in [9.17, 15) is 0 Å². The Bertz CT molecular complexity index is 281. The first-order valence-corrected chi connectivity index (χ1v) is 7.97. The summed E-state index contributed by atoms with van der Waals surface area (Å²) in [6, 6.07) is 0.603. The number of thioether (sulfide) groups is 1. The maximum absolute atomic E-state index is 4.13. The topological polar surface area (TPSA) is 24.9 Å². The number of likely N-dealkylation sites (N-methyl/N-ethyl adjacent to an activating group) is 1. The van der Waals surface area contributed by atoms with E-state index >= 15 is 0 Å². The minimum Gasteiger partial charge on any atom is -0.316 e. The molecule has 1 unspecified atom stereocenters. The number of hydrogen-bond donors (Lipinski definition) is 1. The van der Waals surface area contributed by atoms with Crippen LogP contribution in [-0.2, 0) is 6.42 Å². The van der Waals surface area contributed by atoms with Crippen molar-refractivity contribution in [1.82, 2.24) is 10.3 Å². The second-order valence-electron chi connectivity index (χ2n) is 4.40. The largest absolute Gasteiger partial charge is 0.316 e. The molecule has 1 atom stereocenters. The Kier molecular flexibility index (Phi) is 5.13. The Morgan fingerprint density at radius 1 is 1.56 bits per heavy atom. The predicted molar refractivity (Wildman–Crippen MR) is 73.4 cm³/mol. The van der Waals surface area contributed by atoms with Gasteiger partial charge < -0.3 is 5.32 Å². The summed E-state index contributed by atoms with van der Waals surface area (Å²) in [5.74, 6) is 1.24. The highest BCUT2D eigenvalue weighted by molar-refractivity contribution is 7.99. The van der Waals surface area contributed by atoms with Gasteiger partial charge in [0.15, 0.2) is 0 Å². The molecule has 1 aliphatic carbocycles. The first kappa shape index (κ1) is 12.4. The zero-order valence-electron chi connectivity index (χ0n) is 9.82. The van der Waals surface area contributed by atoms with Gasteiger partial charge in [0.2, 0.25) is 0 Å². The molecule has 1 fully saturated rings. The first-order valence-electron chi connectivity index (χ1n) is 6.04. The van der Waals surface area contributed by atoms with Crippen molar-refractivity contribution in [2.45, 2.75) is 43.4 Å². The van der Waals surface area contributed by atoms with Crippen LogP contribution in [0.1, 0.15) is 30.6 Å². The molecular weight excluding hydrogens is 236 g/mol. The van der Waals surface area contributed by atoms with Crippen molar-refractivity contribution in [2.24, 2.45) is 0 Å². The van der Waals surface area contributed by atoms with Crippen LogP contribution in [0.25, 0.3) is 0 Å². The van der Waals surface area contributed by atoms with Gasteiger partial charge in [-0.25, -0.2) is 0 Å². The van der Waals surface area contributed by atoms with Crippen LogP contribution in [0.5, 0.6) is 0 Å². The van der Waals surface area contributed by atoms with E-state index in [0.29, 0.717) is 6.04 Å². The molecule has 1 aromatic heterocycles. The van der Waals surface area contributed by atoms with Gasteiger partial charge in [-0.15, -0.1) is 11.3 Å². The normalized spacial score (nSPS) is 19.1. The van der Waals surface area contributed by atoms with Gasteiger partial charge in [0.25, 0.3) is 0 Å². The van der Waals surface area contributed by atoms with E-state index in [-0.39, 0.29) is 0 Å². The molecule has 16 heavy (non-hydrogen) atoms. The Hall–Kier alpha value is -0.0600. The fourth-order valence-corrected chi connectivity index (χ4v) is 4.27. The second-order valence-corrected chi connectivity index (χ2v) is 6.70. The van der Waals surface area contributed by atoms with E-state index in [0.717, 1.165) is 11.7 Å². The van der Waals surface area contributed by atoms with Gasteiger partial charge >= 0.3 is 0 Å². The number of nitrogens with one attached hydrogen (secondary N) is 1. The van der Waals surface area contributed by atoms with E-state index in [2.05, 4.69) is 29.1 Å². The molecule has 0 bridgehead atoms. The van der Waals surface area contributed by atoms with Crippen molar-refractivity contribution in [2.75, 3.05) is 12.8 Å². The molecule has 4 heteroatoms. The van der Waals surface area contributed by atoms with Gasteiger partial charge in [0.05, 0.1) is 5.51 Å². The molecular formula is C12H20N2S2. The Labute approximate surface area is 106 Å². The summed E-state index contributed by atoms with van der Waals surface area (Å²) < 4.78 is 0. The lowest BCUT2D eigenvalue weighted by Gasteiger charge is -2.17. The molecule has 0 spiro atoms. The monoisotopic (exact) mass is 256 g/mol. The molecule has 90 valence electrons. The maximum atomic E-state index is 4.13. The Morgan fingerprint density at radius 3 is 3.00 bits per heavy atom. The van der Waals surface area contributed by atoms with Gasteiger partial charge in [0.1, 0.15) is 0 Å².